The smallest absolute Gasteiger partial charge is 0.255 e. The van der Waals surface area contributed by atoms with Gasteiger partial charge in [0.25, 0.3) is 5.91 Å². The second kappa shape index (κ2) is 7.34. The third kappa shape index (κ3) is 3.79. The summed E-state index contributed by atoms with van der Waals surface area (Å²) in [5.41, 5.74) is 1.54. The van der Waals surface area contributed by atoms with E-state index in [1.54, 1.807) is 30.2 Å². The van der Waals surface area contributed by atoms with Crippen LogP contribution >= 0.6 is 0 Å². The Morgan fingerprint density at radius 1 is 1.16 bits per heavy atom. The van der Waals surface area contributed by atoms with E-state index in [0.717, 1.165) is 12.8 Å². The van der Waals surface area contributed by atoms with Crippen molar-refractivity contribution in [2.45, 2.75) is 19.3 Å². The second-order valence-electron chi connectivity index (χ2n) is 5.85. The summed E-state index contributed by atoms with van der Waals surface area (Å²) in [6.07, 6.45) is 2.33. The van der Waals surface area contributed by atoms with E-state index >= 15 is 0 Å². The van der Waals surface area contributed by atoms with E-state index < -0.39 is 5.82 Å². The van der Waals surface area contributed by atoms with Crippen LogP contribution in [0.25, 0.3) is 0 Å². The largest absolute Gasteiger partial charge is 0.495 e. The van der Waals surface area contributed by atoms with Gasteiger partial charge in [-0.25, -0.2) is 4.39 Å². The van der Waals surface area contributed by atoms with Crippen LogP contribution in [0.1, 0.15) is 29.6 Å². The molecule has 0 atom stereocenters. The lowest BCUT2D eigenvalue weighted by atomic mass is 10.1. The lowest BCUT2D eigenvalue weighted by Gasteiger charge is -2.28. The SMILES string of the molecule is COc1ccc(NC(=O)c2ccc(F)cc2)cc1N1CCCCC1=O. The maximum atomic E-state index is 13.0. The van der Waals surface area contributed by atoms with Crippen molar-refractivity contribution in [2.75, 3.05) is 23.9 Å². The molecule has 2 aromatic carbocycles. The molecular weight excluding hydrogens is 323 g/mol. The topological polar surface area (TPSA) is 58.6 Å². The Hall–Kier alpha value is -2.89. The number of amides is 2. The van der Waals surface area contributed by atoms with Crippen molar-refractivity contribution in [2.24, 2.45) is 0 Å². The molecule has 3 rings (SSSR count). The van der Waals surface area contributed by atoms with Crippen LogP contribution in [0, 0.1) is 5.82 Å². The highest BCUT2D eigenvalue weighted by Gasteiger charge is 2.23. The molecule has 1 saturated heterocycles. The average Bonchev–Trinajstić information content (AvgIpc) is 2.62. The molecule has 0 aromatic heterocycles. The minimum Gasteiger partial charge on any atom is -0.495 e. The number of rotatable bonds is 4. The standard InChI is InChI=1S/C19H19FN2O3/c1-25-17-10-9-15(12-16(17)22-11-3-2-4-18(22)23)21-19(24)13-5-7-14(20)8-6-13/h5-10,12H,2-4,11H2,1H3,(H,21,24). The molecule has 2 amide bonds. The number of benzene rings is 2. The molecule has 0 bridgehead atoms. The number of hydrogen-bond donors (Lipinski definition) is 1. The van der Waals surface area contributed by atoms with Crippen LogP contribution in [0.5, 0.6) is 5.75 Å². The van der Waals surface area contributed by atoms with Gasteiger partial charge in [-0.05, 0) is 55.3 Å². The fourth-order valence-electron chi connectivity index (χ4n) is 2.84. The van der Waals surface area contributed by atoms with Crippen molar-refractivity contribution in [1.29, 1.82) is 0 Å². The van der Waals surface area contributed by atoms with Gasteiger partial charge in [0.05, 0.1) is 12.8 Å². The molecule has 0 unspecified atom stereocenters. The van der Waals surface area contributed by atoms with Crippen molar-refractivity contribution in [1.82, 2.24) is 0 Å². The zero-order chi connectivity index (χ0) is 17.8. The molecule has 2 aromatic rings. The number of ether oxygens (including phenoxy) is 1. The molecule has 25 heavy (non-hydrogen) atoms. The average molecular weight is 342 g/mol. The predicted molar refractivity (Wildman–Crippen MR) is 93.6 cm³/mol. The number of nitrogens with zero attached hydrogens (tertiary/aromatic N) is 1. The van der Waals surface area contributed by atoms with Crippen molar-refractivity contribution >= 4 is 23.2 Å². The Labute approximate surface area is 145 Å². The third-order valence-corrected chi connectivity index (χ3v) is 4.16. The molecule has 0 saturated carbocycles. The molecule has 1 aliphatic rings. The van der Waals surface area contributed by atoms with E-state index in [9.17, 15) is 14.0 Å². The van der Waals surface area contributed by atoms with Gasteiger partial charge in [-0.2, -0.15) is 0 Å². The molecule has 1 aliphatic heterocycles. The van der Waals surface area contributed by atoms with Gasteiger partial charge in [-0.3, -0.25) is 9.59 Å². The number of methoxy groups -OCH3 is 1. The van der Waals surface area contributed by atoms with Gasteiger partial charge in [0.15, 0.2) is 0 Å². The Morgan fingerprint density at radius 3 is 2.60 bits per heavy atom. The molecule has 1 N–H and O–H groups in total. The molecule has 1 fully saturated rings. The van der Waals surface area contributed by atoms with Gasteiger partial charge < -0.3 is 15.0 Å². The number of carbonyl (C=O) groups excluding carboxylic acids is 2. The predicted octanol–water partition coefficient (Wildman–Crippen LogP) is 3.60. The third-order valence-electron chi connectivity index (χ3n) is 4.16. The number of anilines is 2. The summed E-state index contributed by atoms with van der Waals surface area (Å²) in [6, 6.07) is 10.5. The van der Waals surface area contributed by atoms with Gasteiger partial charge >= 0.3 is 0 Å². The lowest BCUT2D eigenvalue weighted by molar-refractivity contribution is -0.119. The summed E-state index contributed by atoms with van der Waals surface area (Å²) in [5.74, 6) is -0.116. The number of hydrogen-bond acceptors (Lipinski definition) is 3. The van der Waals surface area contributed by atoms with Crippen LogP contribution in [0.4, 0.5) is 15.8 Å². The van der Waals surface area contributed by atoms with E-state index in [0.29, 0.717) is 35.7 Å². The maximum absolute atomic E-state index is 13.0. The second-order valence-corrected chi connectivity index (χ2v) is 5.85. The summed E-state index contributed by atoms with van der Waals surface area (Å²) < 4.78 is 18.3. The molecule has 0 spiro atoms. The highest BCUT2D eigenvalue weighted by molar-refractivity contribution is 6.05. The summed E-state index contributed by atoms with van der Waals surface area (Å²) in [7, 11) is 1.55. The first-order valence-electron chi connectivity index (χ1n) is 8.14. The van der Waals surface area contributed by atoms with Gasteiger partial charge in [-0.1, -0.05) is 0 Å². The molecular formula is C19H19FN2O3. The quantitative estimate of drug-likeness (QED) is 0.923. The summed E-state index contributed by atoms with van der Waals surface area (Å²) in [6.45, 7) is 0.630. The van der Waals surface area contributed by atoms with Gasteiger partial charge in [0.1, 0.15) is 11.6 Å². The van der Waals surface area contributed by atoms with E-state index in [-0.39, 0.29) is 11.8 Å². The van der Waals surface area contributed by atoms with Gasteiger partial charge in [0, 0.05) is 24.2 Å². The van der Waals surface area contributed by atoms with E-state index in [1.165, 1.54) is 24.3 Å². The highest BCUT2D eigenvalue weighted by atomic mass is 19.1. The fraction of sp³-hybridized carbons (Fsp3) is 0.263. The number of nitrogens with one attached hydrogen (secondary N) is 1. The van der Waals surface area contributed by atoms with Crippen LogP contribution < -0.4 is 15.0 Å². The lowest BCUT2D eigenvalue weighted by Crippen LogP contribution is -2.35. The van der Waals surface area contributed by atoms with Gasteiger partial charge in [-0.15, -0.1) is 0 Å². The molecule has 130 valence electrons. The summed E-state index contributed by atoms with van der Waals surface area (Å²) >= 11 is 0. The van der Waals surface area contributed by atoms with Crippen molar-refractivity contribution in [3.05, 3.63) is 53.8 Å². The first kappa shape index (κ1) is 17.0. The molecule has 6 heteroatoms. The molecule has 1 heterocycles. The van der Waals surface area contributed by atoms with Gasteiger partial charge in [0.2, 0.25) is 5.91 Å². The van der Waals surface area contributed by atoms with Crippen LogP contribution in [0.2, 0.25) is 0 Å². The van der Waals surface area contributed by atoms with Crippen LogP contribution in [0.15, 0.2) is 42.5 Å². The Morgan fingerprint density at radius 2 is 1.92 bits per heavy atom. The minimum atomic E-state index is -0.396. The highest BCUT2D eigenvalue weighted by Crippen LogP contribution is 2.33. The maximum Gasteiger partial charge on any atom is 0.255 e. The van der Waals surface area contributed by atoms with E-state index in [4.69, 9.17) is 4.74 Å². The zero-order valence-electron chi connectivity index (χ0n) is 13.9. The number of carbonyl (C=O) groups is 2. The van der Waals surface area contributed by atoms with Crippen LogP contribution in [0.3, 0.4) is 0 Å². The van der Waals surface area contributed by atoms with Crippen molar-refractivity contribution in [3.8, 4) is 5.75 Å². The Kier molecular flexibility index (Phi) is 4.97. The summed E-state index contributed by atoms with van der Waals surface area (Å²) in [5, 5.41) is 2.77. The van der Waals surface area contributed by atoms with Crippen LogP contribution in [-0.4, -0.2) is 25.5 Å². The molecule has 0 aliphatic carbocycles. The normalized spacial score (nSPS) is 14.3. The zero-order valence-corrected chi connectivity index (χ0v) is 13.9. The van der Waals surface area contributed by atoms with E-state index in [1.807, 2.05) is 0 Å². The number of halogens is 1. The Balaban J connectivity index is 1.84. The first-order valence-corrected chi connectivity index (χ1v) is 8.14. The minimum absolute atomic E-state index is 0.0477. The van der Waals surface area contributed by atoms with Crippen molar-refractivity contribution < 1.29 is 18.7 Å². The molecule has 0 radical (unpaired) electrons. The summed E-state index contributed by atoms with van der Waals surface area (Å²) in [4.78, 5) is 26.2. The molecule has 5 nitrogen and oxygen atoms in total. The first-order chi connectivity index (χ1) is 12.1. The monoisotopic (exact) mass is 342 g/mol. The Bertz CT molecular complexity index is 790. The van der Waals surface area contributed by atoms with Crippen molar-refractivity contribution in [3.63, 3.8) is 0 Å². The van der Waals surface area contributed by atoms with Crippen LogP contribution in [-0.2, 0) is 4.79 Å². The fourth-order valence-corrected chi connectivity index (χ4v) is 2.84. The van der Waals surface area contributed by atoms with E-state index in [2.05, 4.69) is 5.32 Å². The number of piperidine rings is 1.